The largest absolute Gasteiger partial charge is 0.313 e. The third-order valence-corrected chi connectivity index (χ3v) is 2.50. The summed E-state index contributed by atoms with van der Waals surface area (Å²) in [5.74, 6) is 0. The van der Waals surface area contributed by atoms with Crippen LogP contribution >= 0.6 is 0 Å². The van der Waals surface area contributed by atoms with E-state index in [1.54, 1.807) is 0 Å². The second-order valence-corrected chi connectivity index (χ2v) is 3.88. The van der Waals surface area contributed by atoms with Crippen molar-refractivity contribution in [3.05, 3.63) is 35.7 Å². The Labute approximate surface area is 90.1 Å². The molecule has 0 saturated carbocycles. The first kappa shape index (κ1) is 10.2. The Balaban J connectivity index is 2.23. The van der Waals surface area contributed by atoms with E-state index in [9.17, 15) is 0 Å². The summed E-state index contributed by atoms with van der Waals surface area (Å²) in [5, 5.41) is 7.71. The fourth-order valence-electron chi connectivity index (χ4n) is 1.67. The van der Waals surface area contributed by atoms with Gasteiger partial charge in [0.05, 0.1) is 11.7 Å². The van der Waals surface area contributed by atoms with Crippen LogP contribution in [0.5, 0.6) is 0 Å². The predicted octanol–water partition coefficient (Wildman–Crippen LogP) is 2.14. The van der Waals surface area contributed by atoms with Gasteiger partial charge in [0.15, 0.2) is 0 Å². The number of aryl methyl sites for hydroxylation is 1. The molecule has 0 unspecified atom stereocenters. The van der Waals surface area contributed by atoms with Crippen molar-refractivity contribution in [2.24, 2.45) is 0 Å². The average Bonchev–Trinajstić information content (AvgIpc) is 2.62. The van der Waals surface area contributed by atoms with E-state index in [1.165, 1.54) is 16.6 Å². The van der Waals surface area contributed by atoms with Crippen molar-refractivity contribution in [1.29, 1.82) is 0 Å². The molecule has 0 atom stereocenters. The summed E-state index contributed by atoms with van der Waals surface area (Å²) in [6, 6.07) is 4.25. The molecule has 3 heteroatoms. The molecule has 0 bridgehead atoms. The molecule has 0 aromatic carbocycles. The first-order chi connectivity index (χ1) is 7.31. The zero-order valence-corrected chi connectivity index (χ0v) is 9.33. The van der Waals surface area contributed by atoms with Gasteiger partial charge >= 0.3 is 0 Å². The Morgan fingerprint density at radius 1 is 1.47 bits per heavy atom. The van der Waals surface area contributed by atoms with E-state index in [0.29, 0.717) is 0 Å². The van der Waals surface area contributed by atoms with Gasteiger partial charge in [0.2, 0.25) is 0 Å². The minimum absolute atomic E-state index is 0.904. The molecule has 80 valence electrons. The van der Waals surface area contributed by atoms with E-state index < -0.39 is 0 Å². The van der Waals surface area contributed by atoms with Crippen LogP contribution in [0.25, 0.3) is 5.52 Å². The van der Waals surface area contributed by atoms with E-state index in [-0.39, 0.29) is 0 Å². The number of aromatic nitrogens is 2. The Morgan fingerprint density at radius 3 is 3.13 bits per heavy atom. The lowest BCUT2D eigenvalue weighted by Crippen LogP contribution is -2.13. The lowest BCUT2D eigenvalue weighted by atomic mass is 10.2. The third-order valence-electron chi connectivity index (χ3n) is 2.50. The minimum atomic E-state index is 0.904. The van der Waals surface area contributed by atoms with Gasteiger partial charge in [-0.25, -0.2) is 4.52 Å². The van der Waals surface area contributed by atoms with Gasteiger partial charge in [-0.1, -0.05) is 6.92 Å². The summed E-state index contributed by atoms with van der Waals surface area (Å²) in [6.45, 7) is 6.24. The molecule has 0 radical (unpaired) electrons. The van der Waals surface area contributed by atoms with Crippen molar-refractivity contribution >= 4 is 5.52 Å². The van der Waals surface area contributed by atoms with E-state index >= 15 is 0 Å². The molecule has 0 aliphatic carbocycles. The second-order valence-electron chi connectivity index (χ2n) is 3.88. The molecule has 2 aromatic heterocycles. The van der Waals surface area contributed by atoms with Crippen molar-refractivity contribution in [2.45, 2.75) is 26.8 Å². The molecule has 2 aromatic rings. The van der Waals surface area contributed by atoms with E-state index in [1.807, 2.05) is 16.9 Å². The van der Waals surface area contributed by atoms with Crippen LogP contribution in [0.15, 0.2) is 24.5 Å². The number of nitrogens with one attached hydrogen (secondary N) is 1. The highest BCUT2D eigenvalue weighted by molar-refractivity contribution is 5.54. The molecule has 0 amide bonds. The van der Waals surface area contributed by atoms with E-state index in [0.717, 1.165) is 19.5 Å². The maximum Gasteiger partial charge on any atom is 0.0709 e. The predicted molar refractivity (Wildman–Crippen MR) is 61.9 cm³/mol. The van der Waals surface area contributed by atoms with Crippen molar-refractivity contribution in [3.8, 4) is 0 Å². The molecule has 0 fully saturated rings. The monoisotopic (exact) mass is 203 g/mol. The normalized spacial score (nSPS) is 11.1. The van der Waals surface area contributed by atoms with Crippen molar-refractivity contribution < 1.29 is 0 Å². The number of pyridine rings is 1. The van der Waals surface area contributed by atoms with Crippen LogP contribution in [0.3, 0.4) is 0 Å². The molecule has 0 saturated heterocycles. The topological polar surface area (TPSA) is 29.3 Å². The fraction of sp³-hybridized carbons (Fsp3) is 0.417. The van der Waals surface area contributed by atoms with Gasteiger partial charge in [0.1, 0.15) is 0 Å². The first-order valence-electron chi connectivity index (χ1n) is 5.45. The maximum absolute atomic E-state index is 4.32. The zero-order valence-electron chi connectivity index (χ0n) is 9.33. The van der Waals surface area contributed by atoms with Gasteiger partial charge in [-0.2, -0.15) is 5.10 Å². The first-order valence-corrected chi connectivity index (χ1v) is 5.45. The van der Waals surface area contributed by atoms with Gasteiger partial charge in [-0.15, -0.1) is 0 Å². The van der Waals surface area contributed by atoms with Gasteiger partial charge in [0, 0.05) is 18.3 Å². The highest BCUT2D eigenvalue weighted by Crippen LogP contribution is 2.11. The Hall–Kier alpha value is -1.35. The van der Waals surface area contributed by atoms with Crippen molar-refractivity contribution in [3.63, 3.8) is 0 Å². The van der Waals surface area contributed by atoms with Gasteiger partial charge in [-0.05, 0) is 37.6 Å². The molecule has 2 heterocycles. The summed E-state index contributed by atoms with van der Waals surface area (Å²) in [7, 11) is 0. The smallest absolute Gasteiger partial charge is 0.0709 e. The molecular weight excluding hydrogens is 186 g/mol. The summed E-state index contributed by atoms with van der Waals surface area (Å²) in [4.78, 5) is 0. The number of nitrogens with zero attached hydrogens (tertiary/aromatic N) is 2. The van der Waals surface area contributed by atoms with Crippen LogP contribution in [0, 0.1) is 6.92 Å². The number of hydrogen-bond donors (Lipinski definition) is 1. The molecule has 0 aliphatic heterocycles. The summed E-state index contributed by atoms with van der Waals surface area (Å²) in [6.07, 6.45) is 5.11. The Morgan fingerprint density at radius 2 is 2.33 bits per heavy atom. The molecule has 3 nitrogen and oxygen atoms in total. The lowest BCUT2D eigenvalue weighted by molar-refractivity contribution is 0.678. The standard InChI is InChI=1S/C12H17N3/c1-3-5-13-8-11-9-14-15-6-4-10(2)7-12(11)15/h4,6-7,9,13H,3,5,8H2,1-2H3. The molecular formula is C12H17N3. The highest BCUT2D eigenvalue weighted by atomic mass is 15.2. The number of fused-ring (bicyclic) bond motifs is 1. The summed E-state index contributed by atoms with van der Waals surface area (Å²) < 4.78 is 1.93. The SMILES string of the molecule is CCCNCc1cnn2ccc(C)cc12. The minimum Gasteiger partial charge on any atom is -0.313 e. The summed E-state index contributed by atoms with van der Waals surface area (Å²) >= 11 is 0. The van der Waals surface area contributed by atoms with Gasteiger partial charge < -0.3 is 5.32 Å². The third kappa shape index (κ3) is 2.18. The van der Waals surface area contributed by atoms with Crippen molar-refractivity contribution in [1.82, 2.24) is 14.9 Å². The lowest BCUT2D eigenvalue weighted by Gasteiger charge is -2.01. The van der Waals surface area contributed by atoms with Crippen LogP contribution in [-0.2, 0) is 6.54 Å². The number of rotatable bonds is 4. The van der Waals surface area contributed by atoms with E-state index in [4.69, 9.17) is 0 Å². The Bertz CT molecular complexity index is 445. The fourth-order valence-corrected chi connectivity index (χ4v) is 1.67. The van der Waals surface area contributed by atoms with Gasteiger partial charge in [-0.3, -0.25) is 0 Å². The van der Waals surface area contributed by atoms with Crippen LogP contribution in [0.4, 0.5) is 0 Å². The van der Waals surface area contributed by atoms with Crippen LogP contribution in [0.1, 0.15) is 24.5 Å². The number of hydrogen-bond acceptors (Lipinski definition) is 2. The van der Waals surface area contributed by atoms with E-state index in [2.05, 4.69) is 36.4 Å². The highest BCUT2D eigenvalue weighted by Gasteiger charge is 2.02. The van der Waals surface area contributed by atoms with Gasteiger partial charge in [0.25, 0.3) is 0 Å². The van der Waals surface area contributed by atoms with Crippen LogP contribution < -0.4 is 5.32 Å². The molecule has 0 spiro atoms. The molecule has 0 aliphatic rings. The molecule has 2 rings (SSSR count). The average molecular weight is 203 g/mol. The second kappa shape index (κ2) is 4.45. The quantitative estimate of drug-likeness (QED) is 0.771. The van der Waals surface area contributed by atoms with Crippen LogP contribution in [0.2, 0.25) is 0 Å². The molecule has 1 N–H and O–H groups in total. The maximum atomic E-state index is 4.32. The van der Waals surface area contributed by atoms with Crippen LogP contribution in [-0.4, -0.2) is 16.2 Å². The Kier molecular flexibility index (Phi) is 3.02. The van der Waals surface area contributed by atoms with Crippen molar-refractivity contribution in [2.75, 3.05) is 6.54 Å². The molecule has 15 heavy (non-hydrogen) atoms. The summed E-state index contributed by atoms with van der Waals surface area (Å²) in [5.41, 5.74) is 3.76. The zero-order chi connectivity index (χ0) is 10.7.